The Labute approximate surface area is 79.9 Å². The minimum Gasteiger partial charge on any atom is -0.237 e. The van der Waals surface area contributed by atoms with E-state index >= 15 is 0 Å². The molecule has 2 heteroatoms. The van der Waals surface area contributed by atoms with Gasteiger partial charge in [-0.1, -0.05) is 19.3 Å². The van der Waals surface area contributed by atoms with Crippen LogP contribution in [0.4, 0.5) is 0 Å². The zero-order chi connectivity index (χ0) is 8.65. The van der Waals surface area contributed by atoms with Crippen LogP contribution in [0.1, 0.15) is 44.9 Å². The van der Waals surface area contributed by atoms with Crippen molar-refractivity contribution in [1.82, 2.24) is 0 Å². The second-order valence-corrected chi connectivity index (χ2v) is 4.95. The van der Waals surface area contributed by atoms with Crippen LogP contribution in [-0.4, -0.2) is 17.6 Å². The van der Waals surface area contributed by atoms with Gasteiger partial charge in [0.15, 0.2) is 0 Å². The normalized spacial score (nSPS) is 19.8. The largest absolute Gasteiger partial charge is 0.237 e. The molecule has 0 N–H and O–H groups in total. The Morgan fingerprint density at radius 2 is 1.83 bits per heavy atom. The van der Waals surface area contributed by atoms with Crippen LogP contribution in [0.25, 0.3) is 0 Å². The van der Waals surface area contributed by atoms with Gasteiger partial charge >= 0.3 is 0 Å². The van der Waals surface area contributed by atoms with Gasteiger partial charge in [0.2, 0.25) is 0 Å². The number of hydrogen-bond donors (Lipinski definition) is 0. The summed E-state index contributed by atoms with van der Waals surface area (Å²) in [6.07, 6.45) is 9.14. The summed E-state index contributed by atoms with van der Waals surface area (Å²) in [5.41, 5.74) is 0. The summed E-state index contributed by atoms with van der Waals surface area (Å²) in [5.74, 6) is 1.22. The lowest BCUT2D eigenvalue weighted by Gasteiger charge is -2.20. The zero-order valence-electron chi connectivity index (χ0n) is 7.76. The maximum Gasteiger partial charge on any atom is 0.0822 e. The molecule has 0 aromatic rings. The van der Waals surface area contributed by atoms with E-state index in [1.165, 1.54) is 37.9 Å². The van der Waals surface area contributed by atoms with Gasteiger partial charge in [-0.25, -0.2) is 5.11 Å². The average molecular weight is 187 g/mol. The number of rotatable bonds is 5. The third kappa shape index (κ3) is 4.36. The van der Waals surface area contributed by atoms with E-state index < -0.39 is 0 Å². The molecule has 1 rings (SSSR count). The summed E-state index contributed by atoms with van der Waals surface area (Å²) in [7, 11) is 0. The van der Waals surface area contributed by atoms with Crippen LogP contribution in [0, 0.1) is 0 Å². The van der Waals surface area contributed by atoms with Crippen LogP contribution in [0.5, 0.6) is 0 Å². The molecule has 0 aromatic carbocycles. The highest BCUT2D eigenvalue weighted by Crippen LogP contribution is 2.28. The quantitative estimate of drug-likeness (QED) is 0.605. The summed E-state index contributed by atoms with van der Waals surface area (Å²) in [5, 5.41) is 11.1. The van der Waals surface area contributed by atoms with E-state index in [2.05, 4.69) is 11.8 Å². The van der Waals surface area contributed by atoms with E-state index in [1.807, 2.05) is 0 Å². The average Bonchev–Trinajstić information content (AvgIpc) is 2.14. The molecule has 1 saturated carbocycles. The highest BCUT2D eigenvalue weighted by Gasteiger charge is 2.12. The predicted octanol–water partition coefficient (Wildman–Crippen LogP) is 3.26. The first-order valence-corrected chi connectivity index (χ1v) is 6.18. The Balaban J connectivity index is 1.91. The van der Waals surface area contributed by atoms with Crippen LogP contribution in [0.3, 0.4) is 0 Å². The molecule has 0 aromatic heterocycles. The first kappa shape index (κ1) is 10.4. The van der Waals surface area contributed by atoms with Crippen molar-refractivity contribution < 1.29 is 5.11 Å². The summed E-state index contributed by atoms with van der Waals surface area (Å²) in [4.78, 5) is 0. The Morgan fingerprint density at radius 1 is 1.08 bits per heavy atom. The SMILES string of the molecule is [O]CCCCSC1CCCCC1. The van der Waals surface area contributed by atoms with E-state index in [1.54, 1.807) is 0 Å². The van der Waals surface area contributed by atoms with Crippen LogP contribution in [0.15, 0.2) is 0 Å². The fraction of sp³-hybridized carbons (Fsp3) is 1.00. The van der Waals surface area contributed by atoms with Crippen molar-refractivity contribution in [2.24, 2.45) is 0 Å². The molecule has 12 heavy (non-hydrogen) atoms. The van der Waals surface area contributed by atoms with Gasteiger partial charge in [0.1, 0.15) is 0 Å². The number of hydrogen-bond acceptors (Lipinski definition) is 1. The molecule has 71 valence electrons. The second-order valence-electron chi connectivity index (χ2n) is 3.54. The Bertz CT molecular complexity index is 100. The predicted molar refractivity (Wildman–Crippen MR) is 54.1 cm³/mol. The van der Waals surface area contributed by atoms with E-state index in [9.17, 15) is 5.11 Å². The lowest BCUT2D eigenvalue weighted by molar-refractivity contribution is 0.188. The van der Waals surface area contributed by atoms with Crippen LogP contribution in [0.2, 0.25) is 0 Å². The molecule has 0 bridgehead atoms. The van der Waals surface area contributed by atoms with E-state index in [4.69, 9.17) is 0 Å². The highest BCUT2D eigenvalue weighted by molar-refractivity contribution is 7.99. The van der Waals surface area contributed by atoms with Crippen molar-refractivity contribution >= 4 is 11.8 Å². The summed E-state index contributed by atoms with van der Waals surface area (Å²) < 4.78 is 0. The lowest BCUT2D eigenvalue weighted by atomic mass is 10.0. The van der Waals surface area contributed by atoms with Gasteiger partial charge in [-0.05, 0) is 31.4 Å². The smallest absolute Gasteiger partial charge is 0.0822 e. The van der Waals surface area contributed by atoms with Crippen LogP contribution < -0.4 is 0 Å². The number of unbranched alkanes of at least 4 members (excludes halogenated alkanes) is 1. The topological polar surface area (TPSA) is 19.9 Å². The van der Waals surface area contributed by atoms with E-state index in [0.29, 0.717) is 0 Å². The fourth-order valence-corrected chi connectivity index (χ4v) is 3.06. The fourth-order valence-electron chi connectivity index (χ4n) is 1.69. The van der Waals surface area contributed by atoms with Gasteiger partial charge in [0.05, 0.1) is 6.61 Å². The summed E-state index contributed by atoms with van der Waals surface area (Å²) in [6.45, 7) is 0.116. The summed E-state index contributed by atoms with van der Waals surface area (Å²) in [6, 6.07) is 0. The minimum atomic E-state index is 0.116. The van der Waals surface area contributed by atoms with Crippen LogP contribution in [-0.2, 0) is 5.11 Å². The molecule has 0 unspecified atom stereocenters. The third-order valence-electron chi connectivity index (χ3n) is 2.44. The van der Waals surface area contributed by atoms with Crippen LogP contribution >= 0.6 is 11.8 Å². The van der Waals surface area contributed by atoms with Gasteiger partial charge in [0.25, 0.3) is 0 Å². The monoisotopic (exact) mass is 187 g/mol. The van der Waals surface area contributed by atoms with Gasteiger partial charge in [-0.3, -0.25) is 0 Å². The highest BCUT2D eigenvalue weighted by atomic mass is 32.2. The van der Waals surface area contributed by atoms with Gasteiger partial charge in [-0.2, -0.15) is 11.8 Å². The standard InChI is InChI=1S/C10H19OS/c11-8-4-5-9-12-10-6-2-1-3-7-10/h10H,1-9H2. The molecule has 0 amide bonds. The molecule has 0 spiro atoms. The Kier molecular flexibility index (Phi) is 5.88. The molecular weight excluding hydrogens is 168 g/mol. The molecule has 1 aliphatic rings. The van der Waals surface area contributed by atoms with Crippen molar-refractivity contribution in [3.8, 4) is 0 Å². The maximum absolute atomic E-state index is 10.2. The van der Waals surface area contributed by atoms with Crippen molar-refractivity contribution in [2.45, 2.75) is 50.2 Å². The molecule has 1 radical (unpaired) electrons. The molecule has 1 fully saturated rings. The Morgan fingerprint density at radius 3 is 2.50 bits per heavy atom. The second kappa shape index (κ2) is 6.79. The molecule has 0 saturated heterocycles. The van der Waals surface area contributed by atoms with Crippen molar-refractivity contribution in [1.29, 1.82) is 0 Å². The zero-order valence-corrected chi connectivity index (χ0v) is 8.57. The number of thioether (sulfide) groups is 1. The molecule has 1 aliphatic carbocycles. The maximum atomic E-state index is 10.2. The van der Waals surface area contributed by atoms with E-state index in [-0.39, 0.29) is 6.61 Å². The van der Waals surface area contributed by atoms with Gasteiger partial charge < -0.3 is 0 Å². The molecule has 1 nitrogen and oxygen atoms in total. The lowest BCUT2D eigenvalue weighted by Crippen LogP contribution is -2.08. The molecule has 0 aliphatic heterocycles. The van der Waals surface area contributed by atoms with E-state index in [0.717, 1.165) is 18.1 Å². The summed E-state index contributed by atoms with van der Waals surface area (Å²) >= 11 is 2.10. The Hall–Kier alpha value is 0.310. The van der Waals surface area contributed by atoms with Gasteiger partial charge in [0, 0.05) is 5.25 Å². The third-order valence-corrected chi connectivity index (χ3v) is 3.91. The first-order chi connectivity index (χ1) is 5.93. The molecular formula is C10H19OS. The molecule has 0 heterocycles. The first-order valence-electron chi connectivity index (χ1n) is 5.13. The van der Waals surface area contributed by atoms with Crippen molar-refractivity contribution in [3.63, 3.8) is 0 Å². The van der Waals surface area contributed by atoms with Gasteiger partial charge in [-0.15, -0.1) is 0 Å². The van der Waals surface area contributed by atoms with Crippen molar-refractivity contribution in [2.75, 3.05) is 12.4 Å². The molecule has 0 atom stereocenters. The van der Waals surface area contributed by atoms with Crippen molar-refractivity contribution in [3.05, 3.63) is 0 Å². The minimum absolute atomic E-state index is 0.116.